The lowest BCUT2D eigenvalue weighted by Gasteiger charge is -2.29. The zero-order valence-electron chi connectivity index (χ0n) is 17.2. The summed E-state index contributed by atoms with van der Waals surface area (Å²) in [5.41, 5.74) is -0.199. The fourth-order valence-corrected chi connectivity index (χ4v) is 4.65. The van der Waals surface area contributed by atoms with E-state index in [9.17, 15) is 4.79 Å². The number of amides is 1. The highest BCUT2D eigenvalue weighted by atomic mass is 16.5. The first kappa shape index (κ1) is 19.8. The normalized spacial score (nSPS) is 27.0. The van der Waals surface area contributed by atoms with Crippen molar-refractivity contribution in [2.45, 2.75) is 39.7 Å². The summed E-state index contributed by atoms with van der Waals surface area (Å²) in [5.74, 6) is 2.30. The van der Waals surface area contributed by atoms with Crippen molar-refractivity contribution in [1.82, 2.24) is 24.8 Å². The summed E-state index contributed by atoms with van der Waals surface area (Å²) in [4.78, 5) is 24.4. The van der Waals surface area contributed by atoms with Gasteiger partial charge in [-0.25, -0.2) is 0 Å². The van der Waals surface area contributed by atoms with Gasteiger partial charge in [-0.2, -0.15) is 4.98 Å². The molecule has 1 unspecified atom stereocenters. The molecule has 3 aliphatic rings. The number of carbonyl (C=O) groups excluding carboxylic acids is 1. The van der Waals surface area contributed by atoms with Gasteiger partial charge >= 0.3 is 0 Å². The third-order valence-corrected chi connectivity index (χ3v) is 6.28. The molecule has 3 aliphatic heterocycles. The maximum Gasteiger partial charge on any atom is 0.230 e. The van der Waals surface area contributed by atoms with Crippen molar-refractivity contribution in [1.29, 1.82) is 0 Å². The summed E-state index contributed by atoms with van der Waals surface area (Å²) in [7, 11) is 0. The van der Waals surface area contributed by atoms with Crippen LogP contribution in [0, 0.1) is 11.3 Å². The van der Waals surface area contributed by atoms with Crippen LogP contribution < -0.4 is 0 Å². The van der Waals surface area contributed by atoms with Crippen LogP contribution in [0.4, 0.5) is 0 Å². The number of ether oxygens (including phenoxy) is 1. The lowest BCUT2D eigenvalue weighted by atomic mass is 9.85. The van der Waals surface area contributed by atoms with Gasteiger partial charge in [0.25, 0.3) is 0 Å². The van der Waals surface area contributed by atoms with Crippen molar-refractivity contribution in [3.05, 3.63) is 11.7 Å². The van der Waals surface area contributed by atoms with Crippen LogP contribution in [-0.4, -0.2) is 89.8 Å². The summed E-state index contributed by atoms with van der Waals surface area (Å²) in [6.45, 7) is 12.9. The molecule has 1 aromatic heterocycles. The molecule has 4 rings (SSSR count). The topological polar surface area (TPSA) is 74.9 Å². The van der Waals surface area contributed by atoms with Crippen LogP contribution in [0.5, 0.6) is 0 Å². The highest BCUT2D eigenvalue weighted by Crippen LogP contribution is 2.40. The second-order valence-corrected chi connectivity index (χ2v) is 8.94. The standard InChI is InChI=1S/C20H33N5O3/c1-16(2)13-18-21-17(22-28-18)14-24-5-3-20(15-24)4-6-25(19(20)26)8-7-23-9-11-27-12-10-23/h16H,3-15H2,1-2H3. The molecule has 1 atom stereocenters. The van der Waals surface area contributed by atoms with Crippen molar-refractivity contribution < 1.29 is 14.1 Å². The van der Waals surface area contributed by atoms with Crippen molar-refractivity contribution in [2.75, 3.05) is 59.0 Å². The molecule has 1 spiro atoms. The van der Waals surface area contributed by atoms with Gasteiger partial charge in [-0.3, -0.25) is 14.6 Å². The van der Waals surface area contributed by atoms with E-state index in [0.717, 1.165) is 84.1 Å². The Morgan fingerprint density at radius 1 is 1.07 bits per heavy atom. The van der Waals surface area contributed by atoms with Crippen LogP contribution in [0.15, 0.2) is 4.52 Å². The van der Waals surface area contributed by atoms with Gasteiger partial charge in [0.2, 0.25) is 11.8 Å². The number of aromatic nitrogens is 2. The van der Waals surface area contributed by atoms with Crippen molar-refractivity contribution >= 4 is 5.91 Å². The van der Waals surface area contributed by atoms with E-state index >= 15 is 0 Å². The largest absolute Gasteiger partial charge is 0.379 e. The molecule has 8 heteroatoms. The van der Waals surface area contributed by atoms with Gasteiger partial charge in [-0.1, -0.05) is 19.0 Å². The second-order valence-electron chi connectivity index (χ2n) is 8.94. The van der Waals surface area contributed by atoms with E-state index in [0.29, 0.717) is 24.3 Å². The second kappa shape index (κ2) is 8.47. The summed E-state index contributed by atoms with van der Waals surface area (Å²) in [5, 5.41) is 4.12. The lowest BCUT2D eigenvalue weighted by Crippen LogP contribution is -2.43. The highest BCUT2D eigenvalue weighted by molar-refractivity contribution is 5.85. The monoisotopic (exact) mass is 391 g/mol. The van der Waals surface area contributed by atoms with Gasteiger partial charge in [0.1, 0.15) is 0 Å². The molecule has 4 heterocycles. The van der Waals surface area contributed by atoms with Crippen molar-refractivity contribution in [2.24, 2.45) is 11.3 Å². The molecule has 0 aliphatic carbocycles. The first-order valence-electron chi connectivity index (χ1n) is 10.7. The summed E-state index contributed by atoms with van der Waals surface area (Å²) < 4.78 is 10.8. The van der Waals surface area contributed by atoms with Crippen molar-refractivity contribution in [3.63, 3.8) is 0 Å². The molecule has 156 valence electrons. The molecule has 3 saturated heterocycles. The molecular formula is C20H33N5O3. The molecule has 28 heavy (non-hydrogen) atoms. The van der Waals surface area contributed by atoms with Gasteiger partial charge in [0, 0.05) is 45.7 Å². The Bertz CT molecular complexity index is 673. The fraction of sp³-hybridized carbons (Fsp3) is 0.850. The van der Waals surface area contributed by atoms with Crippen LogP contribution >= 0.6 is 0 Å². The maximum absolute atomic E-state index is 13.1. The molecule has 0 bridgehead atoms. The lowest BCUT2D eigenvalue weighted by molar-refractivity contribution is -0.135. The Morgan fingerprint density at radius 2 is 1.86 bits per heavy atom. The smallest absolute Gasteiger partial charge is 0.230 e. The number of nitrogens with zero attached hydrogens (tertiary/aromatic N) is 5. The van der Waals surface area contributed by atoms with Gasteiger partial charge in [-0.15, -0.1) is 0 Å². The quantitative estimate of drug-likeness (QED) is 0.687. The minimum Gasteiger partial charge on any atom is -0.379 e. The third-order valence-electron chi connectivity index (χ3n) is 6.28. The highest BCUT2D eigenvalue weighted by Gasteiger charge is 2.50. The first-order valence-corrected chi connectivity index (χ1v) is 10.7. The summed E-state index contributed by atoms with van der Waals surface area (Å²) in [6, 6.07) is 0. The molecular weight excluding hydrogens is 358 g/mol. The number of rotatable bonds is 7. The van der Waals surface area contributed by atoms with Crippen LogP contribution in [0.3, 0.4) is 0 Å². The predicted octanol–water partition coefficient (Wildman–Crippen LogP) is 1.02. The van der Waals surface area contributed by atoms with Crippen molar-refractivity contribution in [3.8, 4) is 0 Å². The van der Waals surface area contributed by atoms with Gasteiger partial charge in [-0.05, 0) is 25.3 Å². The van der Waals surface area contributed by atoms with E-state index < -0.39 is 0 Å². The minimum atomic E-state index is -0.199. The number of likely N-dealkylation sites (tertiary alicyclic amines) is 2. The zero-order valence-corrected chi connectivity index (χ0v) is 17.2. The average molecular weight is 392 g/mol. The van der Waals surface area contributed by atoms with Crippen LogP contribution in [0.2, 0.25) is 0 Å². The fourth-order valence-electron chi connectivity index (χ4n) is 4.65. The molecule has 1 amide bonds. The predicted molar refractivity (Wildman–Crippen MR) is 104 cm³/mol. The summed E-state index contributed by atoms with van der Waals surface area (Å²) in [6.07, 6.45) is 2.72. The molecule has 0 radical (unpaired) electrons. The maximum atomic E-state index is 13.1. The Hall–Kier alpha value is -1.51. The Morgan fingerprint density at radius 3 is 2.64 bits per heavy atom. The molecule has 0 saturated carbocycles. The van der Waals surface area contributed by atoms with Crippen LogP contribution in [0.1, 0.15) is 38.4 Å². The van der Waals surface area contributed by atoms with Gasteiger partial charge < -0.3 is 14.2 Å². The van der Waals surface area contributed by atoms with E-state index in [1.165, 1.54) is 0 Å². The van der Waals surface area contributed by atoms with E-state index in [1.807, 2.05) is 0 Å². The summed E-state index contributed by atoms with van der Waals surface area (Å²) >= 11 is 0. The first-order chi connectivity index (χ1) is 13.5. The molecule has 1 aromatic rings. The Balaban J connectivity index is 1.27. The SMILES string of the molecule is CC(C)Cc1nc(CN2CCC3(CCN(CCN4CCOCC4)C3=O)C2)no1. The molecule has 0 aromatic carbocycles. The Labute approximate surface area is 167 Å². The number of morpholine rings is 1. The molecule has 8 nitrogen and oxygen atoms in total. The van der Waals surface area contributed by atoms with E-state index in [4.69, 9.17) is 9.26 Å². The number of carbonyl (C=O) groups is 1. The zero-order chi connectivity index (χ0) is 19.6. The average Bonchev–Trinajstić information content (AvgIpc) is 3.37. The molecule has 0 N–H and O–H groups in total. The van der Waals surface area contributed by atoms with E-state index in [-0.39, 0.29) is 5.41 Å². The number of hydrogen-bond acceptors (Lipinski definition) is 7. The van der Waals surface area contributed by atoms with E-state index in [2.05, 4.69) is 38.7 Å². The van der Waals surface area contributed by atoms with E-state index in [1.54, 1.807) is 0 Å². The van der Waals surface area contributed by atoms with Gasteiger partial charge in [0.15, 0.2) is 5.82 Å². The molecule has 3 fully saturated rings. The third kappa shape index (κ3) is 4.39. The number of hydrogen-bond donors (Lipinski definition) is 0. The Kier molecular flexibility index (Phi) is 5.99. The van der Waals surface area contributed by atoms with Gasteiger partial charge in [0.05, 0.1) is 25.2 Å². The minimum absolute atomic E-state index is 0.199. The van der Waals surface area contributed by atoms with Crippen LogP contribution in [0.25, 0.3) is 0 Å². The van der Waals surface area contributed by atoms with Crippen LogP contribution in [-0.2, 0) is 22.5 Å².